The van der Waals surface area contributed by atoms with E-state index in [0.717, 1.165) is 5.69 Å². The number of hydrogen-bond donors (Lipinski definition) is 0. The number of rotatable bonds is 3. The molecule has 0 atom stereocenters. The van der Waals surface area contributed by atoms with Gasteiger partial charge in [-0.05, 0) is 54.0 Å². The molecular weight excluding hydrogens is 304 g/mol. The third kappa shape index (κ3) is 3.01. The van der Waals surface area contributed by atoms with Gasteiger partial charge >= 0.3 is 0 Å². The Morgan fingerprint density at radius 3 is 2.53 bits per heavy atom. The van der Waals surface area contributed by atoms with Crippen LogP contribution in [0.1, 0.15) is 22.8 Å². The van der Waals surface area contributed by atoms with Gasteiger partial charge in [-0.2, -0.15) is 0 Å². The molecule has 0 bridgehead atoms. The normalized spacial score (nSPS) is 10.3. The largest absolute Gasteiger partial charge is 0.309 e. The molecule has 19 heavy (non-hydrogen) atoms. The van der Waals surface area contributed by atoms with Crippen LogP contribution >= 0.6 is 15.9 Å². The summed E-state index contributed by atoms with van der Waals surface area (Å²) in [7, 11) is 0. The molecule has 0 saturated carbocycles. The predicted molar refractivity (Wildman–Crippen MR) is 80.5 cm³/mol. The van der Waals surface area contributed by atoms with Crippen LogP contribution in [0.2, 0.25) is 0 Å². The van der Waals surface area contributed by atoms with Crippen LogP contribution in [0.5, 0.6) is 0 Å². The minimum atomic E-state index is -0.0497. The molecule has 0 radical (unpaired) electrons. The monoisotopic (exact) mass is 318 g/mol. The Bertz CT molecular complexity index is 581. The fourth-order valence-corrected chi connectivity index (χ4v) is 2.28. The lowest BCUT2D eigenvalue weighted by molar-refractivity contribution is 0.0987. The molecule has 3 nitrogen and oxygen atoms in total. The van der Waals surface area contributed by atoms with E-state index in [4.69, 9.17) is 0 Å². The van der Waals surface area contributed by atoms with E-state index in [9.17, 15) is 4.79 Å². The van der Waals surface area contributed by atoms with E-state index in [1.54, 1.807) is 23.2 Å². The van der Waals surface area contributed by atoms with Crippen LogP contribution in [-0.2, 0) is 0 Å². The molecule has 1 amide bonds. The third-order valence-electron chi connectivity index (χ3n) is 2.90. The Kier molecular flexibility index (Phi) is 4.32. The third-order valence-corrected chi connectivity index (χ3v) is 3.53. The predicted octanol–water partition coefficient (Wildman–Crippen LogP) is 3.82. The number of aromatic nitrogens is 1. The molecule has 0 aliphatic rings. The van der Waals surface area contributed by atoms with E-state index < -0.39 is 0 Å². The van der Waals surface area contributed by atoms with Crippen molar-refractivity contribution in [3.63, 3.8) is 0 Å². The molecule has 0 aliphatic carbocycles. The molecule has 2 rings (SSSR count). The van der Waals surface area contributed by atoms with Crippen molar-refractivity contribution in [1.29, 1.82) is 0 Å². The standard InChI is InChI=1S/C15H15BrN2O/c1-3-18(12-8-6-11(2)7-9-12)15(19)13-5-4-10-17-14(13)16/h4-10H,3H2,1-2H3. The molecule has 2 aromatic rings. The summed E-state index contributed by atoms with van der Waals surface area (Å²) in [6, 6.07) is 11.5. The van der Waals surface area contributed by atoms with Gasteiger partial charge in [0.1, 0.15) is 4.60 Å². The maximum Gasteiger partial charge on any atom is 0.261 e. The molecule has 1 aromatic carbocycles. The molecule has 0 N–H and O–H groups in total. The minimum absolute atomic E-state index is 0.0497. The fraction of sp³-hybridized carbons (Fsp3) is 0.200. The summed E-state index contributed by atoms with van der Waals surface area (Å²) in [6.07, 6.45) is 1.66. The molecule has 0 fully saturated rings. The van der Waals surface area contributed by atoms with Crippen LogP contribution in [0.3, 0.4) is 0 Å². The van der Waals surface area contributed by atoms with Crippen molar-refractivity contribution in [2.75, 3.05) is 11.4 Å². The molecular formula is C15H15BrN2O. The lowest BCUT2D eigenvalue weighted by Gasteiger charge is -2.21. The van der Waals surface area contributed by atoms with Crippen molar-refractivity contribution in [1.82, 2.24) is 4.98 Å². The Balaban J connectivity index is 2.35. The minimum Gasteiger partial charge on any atom is -0.309 e. The van der Waals surface area contributed by atoms with Crippen LogP contribution in [0.4, 0.5) is 5.69 Å². The molecule has 0 spiro atoms. The van der Waals surface area contributed by atoms with Crippen LogP contribution in [0.25, 0.3) is 0 Å². The van der Waals surface area contributed by atoms with Gasteiger partial charge in [-0.15, -0.1) is 0 Å². The highest BCUT2D eigenvalue weighted by Gasteiger charge is 2.18. The number of hydrogen-bond acceptors (Lipinski definition) is 2. The first kappa shape index (κ1) is 13.7. The van der Waals surface area contributed by atoms with E-state index in [1.807, 2.05) is 38.1 Å². The lowest BCUT2D eigenvalue weighted by Crippen LogP contribution is -2.31. The molecule has 1 aromatic heterocycles. The topological polar surface area (TPSA) is 33.2 Å². The highest BCUT2D eigenvalue weighted by Crippen LogP contribution is 2.21. The quantitative estimate of drug-likeness (QED) is 0.806. The Morgan fingerprint density at radius 1 is 1.26 bits per heavy atom. The average molecular weight is 319 g/mol. The van der Waals surface area contributed by atoms with Crippen molar-refractivity contribution in [3.05, 3.63) is 58.3 Å². The zero-order chi connectivity index (χ0) is 13.8. The second kappa shape index (κ2) is 5.97. The van der Waals surface area contributed by atoms with Gasteiger partial charge in [-0.25, -0.2) is 4.98 Å². The van der Waals surface area contributed by atoms with E-state index in [2.05, 4.69) is 20.9 Å². The van der Waals surface area contributed by atoms with Crippen molar-refractivity contribution in [2.24, 2.45) is 0 Å². The number of nitrogens with zero attached hydrogens (tertiary/aromatic N) is 2. The van der Waals surface area contributed by atoms with Crippen LogP contribution in [0.15, 0.2) is 47.2 Å². The molecule has 0 aliphatic heterocycles. The summed E-state index contributed by atoms with van der Waals surface area (Å²) >= 11 is 3.32. The highest BCUT2D eigenvalue weighted by atomic mass is 79.9. The van der Waals surface area contributed by atoms with Crippen LogP contribution < -0.4 is 4.90 Å². The summed E-state index contributed by atoms with van der Waals surface area (Å²) in [6.45, 7) is 4.60. The van der Waals surface area contributed by atoms with E-state index in [0.29, 0.717) is 16.7 Å². The summed E-state index contributed by atoms with van der Waals surface area (Å²) in [5.41, 5.74) is 2.65. The van der Waals surface area contributed by atoms with Gasteiger partial charge in [0.25, 0.3) is 5.91 Å². The van der Waals surface area contributed by atoms with Crippen molar-refractivity contribution < 1.29 is 4.79 Å². The Morgan fingerprint density at radius 2 is 1.95 bits per heavy atom. The Labute approximate surface area is 121 Å². The molecule has 0 unspecified atom stereocenters. The SMILES string of the molecule is CCN(C(=O)c1cccnc1Br)c1ccc(C)cc1. The number of carbonyl (C=O) groups is 1. The molecule has 0 saturated heterocycles. The smallest absolute Gasteiger partial charge is 0.261 e. The van der Waals surface area contributed by atoms with Crippen LogP contribution in [-0.4, -0.2) is 17.4 Å². The van der Waals surface area contributed by atoms with Gasteiger partial charge in [-0.1, -0.05) is 17.7 Å². The number of amides is 1. The second-order valence-corrected chi connectivity index (χ2v) is 4.98. The van der Waals surface area contributed by atoms with Crippen molar-refractivity contribution in [3.8, 4) is 0 Å². The summed E-state index contributed by atoms with van der Waals surface area (Å²) in [5, 5.41) is 0. The van der Waals surface area contributed by atoms with E-state index in [1.165, 1.54) is 5.56 Å². The molecule has 98 valence electrons. The number of pyridine rings is 1. The number of aryl methyl sites for hydroxylation is 1. The van der Waals surface area contributed by atoms with E-state index >= 15 is 0 Å². The zero-order valence-electron chi connectivity index (χ0n) is 10.9. The number of anilines is 1. The first-order valence-corrected chi connectivity index (χ1v) is 6.92. The fourth-order valence-electron chi connectivity index (χ4n) is 1.86. The maximum absolute atomic E-state index is 12.5. The van der Waals surface area contributed by atoms with Gasteiger partial charge in [0.15, 0.2) is 0 Å². The summed E-state index contributed by atoms with van der Waals surface area (Å²) in [5.74, 6) is -0.0497. The second-order valence-electron chi connectivity index (χ2n) is 4.23. The van der Waals surface area contributed by atoms with Gasteiger partial charge in [0, 0.05) is 18.4 Å². The molecule has 1 heterocycles. The number of benzene rings is 1. The van der Waals surface area contributed by atoms with Crippen molar-refractivity contribution >= 4 is 27.5 Å². The highest BCUT2D eigenvalue weighted by molar-refractivity contribution is 9.10. The van der Waals surface area contributed by atoms with Gasteiger partial charge in [0.05, 0.1) is 5.56 Å². The maximum atomic E-state index is 12.5. The van der Waals surface area contributed by atoms with Crippen LogP contribution in [0, 0.1) is 6.92 Å². The summed E-state index contributed by atoms with van der Waals surface area (Å²) in [4.78, 5) is 18.4. The number of carbonyl (C=O) groups excluding carboxylic acids is 1. The Hall–Kier alpha value is -1.68. The van der Waals surface area contributed by atoms with Gasteiger partial charge in [0.2, 0.25) is 0 Å². The zero-order valence-corrected chi connectivity index (χ0v) is 12.5. The summed E-state index contributed by atoms with van der Waals surface area (Å²) < 4.78 is 0.575. The lowest BCUT2D eigenvalue weighted by atomic mass is 10.2. The first-order valence-electron chi connectivity index (χ1n) is 6.12. The average Bonchev–Trinajstić information content (AvgIpc) is 2.42. The molecule has 4 heteroatoms. The number of halogens is 1. The van der Waals surface area contributed by atoms with Crippen molar-refractivity contribution in [2.45, 2.75) is 13.8 Å². The van der Waals surface area contributed by atoms with E-state index in [-0.39, 0.29) is 5.91 Å². The first-order chi connectivity index (χ1) is 9.13. The van der Waals surface area contributed by atoms with Gasteiger partial charge < -0.3 is 4.90 Å². The van der Waals surface area contributed by atoms with Gasteiger partial charge in [-0.3, -0.25) is 4.79 Å².